The second-order valence-corrected chi connectivity index (χ2v) is 6.05. The third-order valence-electron chi connectivity index (χ3n) is 3.02. The van der Waals surface area contributed by atoms with Gasteiger partial charge in [0.1, 0.15) is 17.8 Å². The maximum absolute atomic E-state index is 12.7. The van der Waals surface area contributed by atoms with Crippen LogP contribution in [0.5, 0.6) is 0 Å². The third kappa shape index (κ3) is 4.04. The van der Waals surface area contributed by atoms with E-state index in [0.717, 1.165) is 5.69 Å². The Bertz CT molecular complexity index is 635. The van der Waals surface area contributed by atoms with Crippen LogP contribution in [-0.2, 0) is 0 Å². The first-order valence-corrected chi connectivity index (χ1v) is 7.38. The Morgan fingerprint density at radius 2 is 1.86 bits per heavy atom. The van der Waals surface area contributed by atoms with Crippen molar-refractivity contribution < 1.29 is 4.79 Å². The Balaban J connectivity index is 2.27. The highest BCUT2D eigenvalue weighted by Crippen LogP contribution is 2.17. The van der Waals surface area contributed by atoms with Gasteiger partial charge in [0.2, 0.25) is 0 Å². The highest BCUT2D eigenvalue weighted by Gasteiger charge is 2.19. The molecule has 0 bridgehead atoms. The van der Waals surface area contributed by atoms with Crippen molar-refractivity contribution in [2.24, 2.45) is 0 Å². The van der Waals surface area contributed by atoms with Crippen molar-refractivity contribution >= 4 is 17.4 Å². The van der Waals surface area contributed by atoms with E-state index in [1.54, 1.807) is 11.0 Å². The minimum Gasteiger partial charge on any atom is -0.365 e. The Labute approximate surface area is 131 Å². The predicted octanol–water partition coefficient (Wildman–Crippen LogP) is 3.35. The van der Waals surface area contributed by atoms with Crippen molar-refractivity contribution in [2.45, 2.75) is 33.2 Å². The fourth-order valence-electron chi connectivity index (χ4n) is 2.12. The second-order valence-electron chi connectivity index (χ2n) is 6.05. The summed E-state index contributed by atoms with van der Waals surface area (Å²) in [7, 11) is 0. The van der Waals surface area contributed by atoms with Crippen molar-refractivity contribution in [1.82, 2.24) is 9.97 Å². The summed E-state index contributed by atoms with van der Waals surface area (Å²) in [4.78, 5) is 22.7. The summed E-state index contributed by atoms with van der Waals surface area (Å²) in [5.41, 5.74) is 1.12. The first kappa shape index (κ1) is 15.9. The summed E-state index contributed by atoms with van der Waals surface area (Å²) in [6.07, 6.45) is 1.42. The molecule has 116 valence electrons. The van der Waals surface area contributed by atoms with Crippen LogP contribution in [0.4, 0.5) is 11.5 Å². The SMILES string of the molecule is CCN(C(=O)c1cc(NC(C)(C)C)ncn1)c1ccccc1. The molecular weight excluding hydrogens is 276 g/mol. The zero-order chi connectivity index (χ0) is 16.2. The van der Waals surface area contributed by atoms with Gasteiger partial charge >= 0.3 is 0 Å². The summed E-state index contributed by atoms with van der Waals surface area (Å²) in [6, 6.07) is 11.3. The van der Waals surface area contributed by atoms with E-state index in [0.29, 0.717) is 18.1 Å². The molecule has 0 aliphatic heterocycles. The smallest absolute Gasteiger partial charge is 0.277 e. The van der Waals surface area contributed by atoms with Crippen molar-refractivity contribution in [3.05, 3.63) is 48.4 Å². The van der Waals surface area contributed by atoms with Gasteiger partial charge in [0.15, 0.2) is 0 Å². The molecule has 0 unspecified atom stereocenters. The normalized spacial score (nSPS) is 11.1. The maximum Gasteiger partial charge on any atom is 0.277 e. The largest absolute Gasteiger partial charge is 0.365 e. The first-order chi connectivity index (χ1) is 10.4. The fraction of sp³-hybridized carbons (Fsp3) is 0.353. The van der Waals surface area contributed by atoms with Gasteiger partial charge in [-0.1, -0.05) is 18.2 Å². The van der Waals surface area contributed by atoms with Gasteiger partial charge in [-0.25, -0.2) is 9.97 Å². The number of aromatic nitrogens is 2. The average Bonchev–Trinajstić information content (AvgIpc) is 2.47. The lowest BCUT2D eigenvalue weighted by Gasteiger charge is -2.23. The van der Waals surface area contributed by atoms with Gasteiger partial charge in [0.25, 0.3) is 5.91 Å². The Hall–Kier alpha value is -2.43. The van der Waals surface area contributed by atoms with Crippen LogP contribution in [0.25, 0.3) is 0 Å². The molecule has 1 heterocycles. The van der Waals surface area contributed by atoms with Crippen LogP contribution in [0.15, 0.2) is 42.7 Å². The first-order valence-electron chi connectivity index (χ1n) is 7.38. The van der Waals surface area contributed by atoms with Crippen molar-refractivity contribution in [2.75, 3.05) is 16.8 Å². The van der Waals surface area contributed by atoms with E-state index in [1.807, 2.05) is 58.0 Å². The van der Waals surface area contributed by atoms with Gasteiger partial charge in [-0.05, 0) is 39.8 Å². The summed E-state index contributed by atoms with van der Waals surface area (Å²) >= 11 is 0. The lowest BCUT2D eigenvalue weighted by Crippen LogP contribution is -2.32. The molecule has 22 heavy (non-hydrogen) atoms. The van der Waals surface area contributed by atoms with E-state index in [9.17, 15) is 4.79 Å². The number of nitrogens with one attached hydrogen (secondary N) is 1. The summed E-state index contributed by atoms with van der Waals surface area (Å²) in [5, 5.41) is 3.25. The van der Waals surface area contributed by atoms with Crippen LogP contribution < -0.4 is 10.2 Å². The Kier molecular flexibility index (Phi) is 4.75. The molecule has 0 fully saturated rings. The molecule has 2 aromatic rings. The summed E-state index contributed by atoms with van der Waals surface area (Å²) < 4.78 is 0. The molecule has 0 spiro atoms. The lowest BCUT2D eigenvalue weighted by molar-refractivity contribution is 0.0983. The number of amides is 1. The monoisotopic (exact) mass is 298 g/mol. The molecule has 1 aromatic carbocycles. The van der Waals surface area contributed by atoms with E-state index in [-0.39, 0.29) is 11.4 Å². The molecule has 0 atom stereocenters. The number of hydrogen-bond acceptors (Lipinski definition) is 4. The van der Waals surface area contributed by atoms with Gasteiger partial charge in [0.05, 0.1) is 0 Å². The number of anilines is 2. The fourth-order valence-corrected chi connectivity index (χ4v) is 2.12. The minimum atomic E-state index is -0.131. The molecule has 0 saturated carbocycles. The molecule has 5 nitrogen and oxygen atoms in total. The van der Waals surface area contributed by atoms with E-state index in [4.69, 9.17) is 0 Å². The number of nitrogens with zero attached hydrogens (tertiary/aromatic N) is 3. The molecule has 2 rings (SSSR count). The van der Waals surface area contributed by atoms with E-state index >= 15 is 0 Å². The van der Waals surface area contributed by atoms with E-state index < -0.39 is 0 Å². The van der Waals surface area contributed by atoms with Gasteiger partial charge in [-0.15, -0.1) is 0 Å². The molecular formula is C17H22N4O. The Morgan fingerprint density at radius 1 is 1.18 bits per heavy atom. The molecule has 1 N–H and O–H groups in total. The number of para-hydroxylation sites is 1. The highest BCUT2D eigenvalue weighted by molar-refractivity contribution is 6.05. The summed E-state index contributed by atoms with van der Waals surface area (Å²) in [5.74, 6) is 0.517. The van der Waals surface area contributed by atoms with Gasteiger partial charge in [-0.3, -0.25) is 4.79 Å². The third-order valence-corrected chi connectivity index (χ3v) is 3.02. The van der Waals surface area contributed by atoms with E-state index in [1.165, 1.54) is 6.33 Å². The van der Waals surface area contributed by atoms with Crippen molar-refractivity contribution in [3.8, 4) is 0 Å². The lowest BCUT2D eigenvalue weighted by atomic mass is 10.1. The molecule has 1 aromatic heterocycles. The maximum atomic E-state index is 12.7. The number of hydrogen-bond donors (Lipinski definition) is 1. The zero-order valence-corrected chi connectivity index (χ0v) is 13.5. The standard InChI is InChI=1S/C17H22N4O/c1-5-21(13-9-7-6-8-10-13)16(22)14-11-15(19-12-18-14)20-17(2,3)4/h6-12H,5H2,1-4H3,(H,18,19,20). The van der Waals surface area contributed by atoms with Crippen LogP contribution in [0.3, 0.4) is 0 Å². The van der Waals surface area contributed by atoms with Crippen LogP contribution in [0.2, 0.25) is 0 Å². The van der Waals surface area contributed by atoms with Gasteiger partial charge in [-0.2, -0.15) is 0 Å². The average molecular weight is 298 g/mol. The molecule has 5 heteroatoms. The minimum absolute atomic E-state index is 0.126. The van der Waals surface area contributed by atoms with Crippen molar-refractivity contribution in [3.63, 3.8) is 0 Å². The quantitative estimate of drug-likeness (QED) is 0.940. The Morgan fingerprint density at radius 3 is 2.45 bits per heavy atom. The summed E-state index contributed by atoms with van der Waals surface area (Å²) in [6.45, 7) is 8.64. The van der Waals surface area contributed by atoms with E-state index in [2.05, 4.69) is 15.3 Å². The van der Waals surface area contributed by atoms with Crippen molar-refractivity contribution in [1.29, 1.82) is 0 Å². The highest BCUT2D eigenvalue weighted by atomic mass is 16.2. The molecule has 0 radical (unpaired) electrons. The number of carbonyl (C=O) groups excluding carboxylic acids is 1. The number of carbonyl (C=O) groups is 1. The topological polar surface area (TPSA) is 58.1 Å². The molecule has 0 aliphatic carbocycles. The molecule has 1 amide bonds. The van der Waals surface area contributed by atoms with Gasteiger partial charge < -0.3 is 10.2 Å². The van der Waals surface area contributed by atoms with Crippen LogP contribution in [0, 0.1) is 0 Å². The van der Waals surface area contributed by atoms with Gasteiger partial charge in [0, 0.05) is 23.8 Å². The number of benzene rings is 1. The molecule has 0 aliphatic rings. The second kappa shape index (κ2) is 6.56. The van der Waals surface area contributed by atoms with Crippen LogP contribution in [-0.4, -0.2) is 28.0 Å². The number of rotatable bonds is 4. The van der Waals surface area contributed by atoms with Crippen LogP contribution in [0.1, 0.15) is 38.2 Å². The zero-order valence-electron chi connectivity index (χ0n) is 13.5. The van der Waals surface area contributed by atoms with Crippen LogP contribution >= 0.6 is 0 Å². The predicted molar refractivity (Wildman–Crippen MR) is 89.2 cm³/mol. The molecule has 0 saturated heterocycles.